The average Bonchev–Trinajstić information content (AvgIpc) is 3.42. The molecule has 0 unspecified atom stereocenters. The van der Waals surface area contributed by atoms with Crippen molar-refractivity contribution in [3.63, 3.8) is 0 Å². The quantitative estimate of drug-likeness (QED) is 0.509. The van der Waals surface area contributed by atoms with Crippen LogP contribution < -0.4 is 0 Å². The van der Waals surface area contributed by atoms with Crippen molar-refractivity contribution < 1.29 is 14.1 Å². The second-order valence-electron chi connectivity index (χ2n) is 5.24. The summed E-state index contributed by atoms with van der Waals surface area (Å²) in [5, 5.41) is 7.73. The molecule has 4 rings (SSSR count). The summed E-state index contributed by atoms with van der Waals surface area (Å²) < 4.78 is 12.3. The largest absolute Gasteiger partial charge is 0.452 e. The molecule has 1 aromatic carbocycles. The van der Waals surface area contributed by atoms with Gasteiger partial charge in [0.05, 0.1) is 5.56 Å². The Morgan fingerprint density at radius 1 is 1.16 bits per heavy atom. The number of nitrogens with zero attached hydrogens (tertiary/aromatic N) is 3. The van der Waals surface area contributed by atoms with Gasteiger partial charge in [0.1, 0.15) is 0 Å². The lowest BCUT2D eigenvalue weighted by molar-refractivity contribution is 0.0430. The third-order valence-corrected chi connectivity index (χ3v) is 4.26. The van der Waals surface area contributed by atoms with E-state index in [1.807, 2.05) is 58.1 Å². The van der Waals surface area contributed by atoms with E-state index in [4.69, 9.17) is 9.26 Å². The Kier molecular flexibility index (Phi) is 4.14. The molecule has 6 nitrogen and oxygen atoms in total. The molecule has 0 saturated carbocycles. The number of benzene rings is 1. The molecule has 0 spiro atoms. The first-order valence-corrected chi connectivity index (χ1v) is 8.49. The first-order valence-electron chi connectivity index (χ1n) is 7.55. The topological polar surface area (TPSA) is 70.2 Å². The first-order chi connectivity index (χ1) is 12.3. The van der Waals surface area contributed by atoms with Gasteiger partial charge in [-0.25, -0.2) is 4.79 Å². The Labute approximate surface area is 147 Å². The van der Waals surface area contributed by atoms with E-state index in [0.717, 1.165) is 11.3 Å². The summed E-state index contributed by atoms with van der Waals surface area (Å²) in [4.78, 5) is 16.3. The van der Waals surface area contributed by atoms with E-state index < -0.39 is 5.97 Å². The molecule has 25 heavy (non-hydrogen) atoms. The highest BCUT2D eigenvalue weighted by atomic mass is 32.1. The Bertz CT molecular complexity index is 958. The van der Waals surface area contributed by atoms with E-state index in [9.17, 15) is 4.79 Å². The number of rotatable bonds is 5. The van der Waals surface area contributed by atoms with Crippen LogP contribution >= 0.6 is 11.3 Å². The number of ether oxygens (including phenoxy) is 1. The van der Waals surface area contributed by atoms with E-state index in [1.54, 1.807) is 23.5 Å². The van der Waals surface area contributed by atoms with E-state index in [1.165, 1.54) is 0 Å². The minimum atomic E-state index is -0.436. The van der Waals surface area contributed by atoms with Gasteiger partial charge in [0.2, 0.25) is 5.82 Å². The van der Waals surface area contributed by atoms with Crippen LogP contribution in [-0.4, -0.2) is 20.7 Å². The number of carbonyl (C=O) groups excluding carboxylic acids is 1. The zero-order chi connectivity index (χ0) is 17.1. The Morgan fingerprint density at radius 3 is 2.68 bits per heavy atom. The summed E-state index contributed by atoms with van der Waals surface area (Å²) in [5.41, 5.74) is 2.32. The molecule has 0 aliphatic heterocycles. The van der Waals surface area contributed by atoms with E-state index in [2.05, 4.69) is 10.1 Å². The van der Waals surface area contributed by atoms with Gasteiger partial charge in [0.15, 0.2) is 6.61 Å². The Balaban J connectivity index is 1.39. The van der Waals surface area contributed by atoms with Gasteiger partial charge < -0.3 is 13.8 Å². The van der Waals surface area contributed by atoms with Crippen LogP contribution in [0.25, 0.3) is 17.1 Å². The lowest BCUT2D eigenvalue weighted by atomic mass is 10.2. The fraction of sp³-hybridized carbons (Fsp3) is 0.0556. The highest BCUT2D eigenvalue weighted by Crippen LogP contribution is 2.19. The van der Waals surface area contributed by atoms with E-state index in [-0.39, 0.29) is 12.5 Å². The van der Waals surface area contributed by atoms with Crippen molar-refractivity contribution in [1.82, 2.24) is 14.7 Å². The SMILES string of the molecule is O=C(OCc1nc(-c2ccsc2)no1)c1ccc(-n2cccc2)cc1. The maximum Gasteiger partial charge on any atom is 0.338 e. The van der Waals surface area contributed by atoms with Gasteiger partial charge in [0, 0.05) is 29.0 Å². The molecule has 0 amide bonds. The summed E-state index contributed by atoms with van der Waals surface area (Å²) in [6.45, 7) is -0.0602. The molecule has 0 aliphatic rings. The molecular formula is C18H13N3O3S. The molecule has 3 aromatic heterocycles. The summed E-state index contributed by atoms with van der Waals surface area (Å²) >= 11 is 1.55. The monoisotopic (exact) mass is 351 g/mol. The number of hydrogen-bond donors (Lipinski definition) is 0. The van der Waals surface area contributed by atoms with Gasteiger partial charge in [-0.3, -0.25) is 0 Å². The van der Waals surface area contributed by atoms with Crippen molar-refractivity contribution in [3.05, 3.63) is 77.1 Å². The van der Waals surface area contributed by atoms with Crippen LogP contribution in [0.15, 0.2) is 70.1 Å². The number of aromatic nitrogens is 3. The van der Waals surface area contributed by atoms with Crippen LogP contribution in [0.3, 0.4) is 0 Å². The third kappa shape index (κ3) is 3.36. The molecule has 0 radical (unpaired) electrons. The fourth-order valence-electron chi connectivity index (χ4n) is 2.31. The van der Waals surface area contributed by atoms with Crippen LogP contribution in [0, 0.1) is 0 Å². The first kappa shape index (κ1) is 15.3. The van der Waals surface area contributed by atoms with Crippen LogP contribution in [0.1, 0.15) is 16.2 Å². The van der Waals surface area contributed by atoms with Gasteiger partial charge in [-0.05, 0) is 47.8 Å². The van der Waals surface area contributed by atoms with Crippen molar-refractivity contribution in [2.75, 3.05) is 0 Å². The lowest BCUT2D eigenvalue weighted by Crippen LogP contribution is -2.05. The highest BCUT2D eigenvalue weighted by Gasteiger charge is 2.13. The smallest absolute Gasteiger partial charge is 0.338 e. The minimum Gasteiger partial charge on any atom is -0.452 e. The predicted octanol–water partition coefficient (Wildman–Crippen LogP) is 3.95. The summed E-state index contributed by atoms with van der Waals surface area (Å²) in [7, 11) is 0. The molecule has 3 heterocycles. The molecule has 4 aromatic rings. The molecule has 0 bridgehead atoms. The van der Waals surface area contributed by atoms with E-state index >= 15 is 0 Å². The molecule has 0 aliphatic carbocycles. The van der Waals surface area contributed by atoms with Gasteiger partial charge in [0.25, 0.3) is 5.89 Å². The zero-order valence-electron chi connectivity index (χ0n) is 13.0. The van der Waals surface area contributed by atoms with Crippen LogP contribution in [0.5, 0.6) is 0 Å². The van der Waals surface area contributed by atoms with Crippen LogP contribution in [0.4, 0.5) is 0 Å². The predicted molar refractivity (Wildman–Crippen MR) is 92.5 cm³/mol. The van der Waals surface area contributed by atoms with Crippen molar-refractivity contribution in [1.29, 1.82) is 0 Å². The lowest BCUT2D eigenvalue weighted by Gasteiger charge is -2.05. The molecule has 0 fully saturated rings. The molecule has 124 valence electrons. The number of hydrogen-bond acceptors (Lipinski definition) is 6. The molecule has 0 atom stereocenters. The van der Waals surface area contributed by atoms with Crippen LogP contribution in [-0.2, 0) is 11.3 Å². The standard InChI is InChI=1S/C18H13N3O3S/c22-18(13-3-5-15(6-4-13)21-8-1-2-9-21)23-11-16-19-17(20-24-16)14-7-10-25-12-14/h1-10,12H,11H2. The average molecular weight is 351 g/mol. The van der Waals surface area contributed by atoms with Gasteiger partial charge >= 0.3 is 5.97 Å². The summed E-state index contributed by atoms with van der Waals surface area (Å²) in [6, 6.07) is 13.0. The third-order valence-electron chi connectivity index (χ3n) is 3.58. The van der Waals surface area contributed by atoms with Crippen molar-refractivity contribution in [2.45, 2.75) is 6.61 Å². The minimum absolute atomic E-state index is 0.0602. The second kappa shape index (κ2) is 6.74. The molecule has 7 heteroatoms. The summed E-state index contributed by atoms with van der Waals surface area (Å²) in [5.74, 6) is 0.316. The summed E-state index contributed by atoms with van der Waals surface area (Å²) in [6.07, 6.45) is 3.88. The van der Waals surface area contributed by atoms with Crippen LogP contribution in [0.2, 0.25) is 0 Å². The van der Waals surface area contributed by atoms with Crippen molar-refractivity contribution in [3.8, 4) is 17.1 Å². The van der Waals surface area contributed by atoms with Gasteiger partial charge in [-0.15, -0.1) is 0 Å². The van der Waals surface area contributed by atoms with Crippen molar-refractivity contribution >= 4 is 17.3 Å². The molecule has 0 N–H and O–H groups in total. The van der Waals surface area contributed by atoms with Gasteiger partial charge in [-0.1, -0.05) is 5.16 Å². The normalized spacial score (nSPS) is 10.7. The Hall–Kier alpha value is -3.19. The number of thiophene rings is 1. The number of carbonyl (C=O) groups is 1. The Morgan fingerprint density at radius 2 is 1.96 bits per heavy atom. The maximum absolute atomic E-state index is 12.1. The highest BCUT2D eigenvalue weighted by molar-refractivity contribution is 7.08. The number of esters is 1. The van der Waals surface area contributed by atoms with E-state index in [0.29, 0.717) is 11.4 Å². The molecular weight excluding hydrogens is 338 g/mol. The maximum atomic E-state index is 12.1. The second-order valence-corrected chi connectivity index (χ2v) is 6.02. The van der Waals surface area contributed by atoms with Crippen molar-refractivity contribution in [2.24, 2.45) is 0 Å². The zero-order valence-corrected chi connectivity index (χ0v) is 13.8. The van der Waals surface area contributed by atoms with Gasteiger partial charge in [-0.2, -0.15) is 16.3 Å². The molecule has 0 saturated heterocycles. The fourth-order valence-corrected chi connectivity index (χ4v) is 2.94.